The van der Waals surface area contributed by atoms with Crippen LogP contribution in [0.25, 0.3) is 0 Å². The molecule has 1 aliphatic rings. The highest BCUT2D eigenvalue weighted by Crippen LogP contribution is 2.36. The fraction of sp³-hybridized carbons (Fsp3) is 0.500. The highest BCUT2D eigenvalue weighted by Gasteiger charge is 2.24. The molecule has 108 valence electrons. The van der Waals surface area contributed by atoms with E-state index in [1.807, 2.05) is 21.0 Å². The van der Waals surface area contributed by atoms with Crippen LogP contribution >= 0.6 is 0 Å². The molecule has 0 saturated heterocycles. The van der Waals surface area contributed by atoms with Gasteiger partial charge in [-0.2, -0.15) is 4.98 Å². The first-order valence-corrected chi connectivity index (χ1v) is 6.58. The van der Waals surface area contributed by atoms with Crippen molar-refractivity contribution in [1.29, 1.82) is 0 Å². The van der Waals surface area contributed by atoms with Gasteiger partial charge in [0.25, 0.3) is 0 Å². The lowest BCUT2D eigenvalue weighted by Crippen LogP contribution is -2.18. The van der Waals surface area contributed by atoms with Gasteiger partial charge in [0.1, 0.15) is 12.0 Å². The zero-order chi connectivity index (χ0) is 14.7. The van der Waals surface area contributed by atoms with Gasteiger partial charge in [-0.05, 0) is 25.7 Å². The van der Waals surface area contributed by atoms with Gasteiger partial charge < -0.3 is 15.0 Å². The molecule has 0 atom stereocenters. The van der Waals surface area contributed by atoms with E-state index in [1.165, 1.54) is 26.3 Å². The van der Waals surface area contributed by atoms with E-state index in [1.54, 1.807) is 11.0 Å². The maximum atomic E-state index is 12.1. The number of hydrogen-bond acceptors (Lipinski definition) is 5. The monoisotopic (exact) mass is 276 g/mol. The van der Waals surface area contributed by atoms with E-state index in [-0.39, 0.29) is 5.91 Å². The smallest absolute Gasteiger partial charge is 0.248 e. The Bertz CT molecular complexity index is 536. The predicted octanol–water partition coefficient (Wildman–Crippen LogP) is 1.85. The summed E-state index contributed by atoms with van der Waals surface area (Å²) in [7, 11) is 5.22. The molecule has 0 radical (unpaired) electrons. The molecule has 6 nitrogen and oxygen atoms in total. The lowest BCUT2D eigenvalue weighted by atomic mass is 10.2. The van der Waals surface area contributed by atoms with Crippen LogP contribution in [0, 0.1) is 5.92 Å². The number of carbonyl (C=O) groups excluding carboxylic acids is 1. The number of rotatable bonds is 5. The number of aromatic nitrogens is 2. The minimum absolute atomic E-state index is 0.175. The molecule has 0 spiro atoms. The summed E-state index contributed by atoms with van der Waals surface area (Å²) >= 11 is 0. The first kappa shape index (κ1) is 14.3. The van der Waals surface area contributed by atoms with Crippen molar-refractivity contribution >= 4 is 17.4 Å². The third kappa shape index (κ3) is 3.26. The summed E-state index contributed by atoms with van der Waals surface area (Å²) in [4.78, 5) is 22.1. The first-order chi connectivity index (χ1) is 9.52. The Kier molecular flexibility index (Phi) is 4.22. The number of allylic oxidation sites excluding steroid dienone is 1. The van der Waals surface area contributed by atoms with Gasteiger partial charge in [-0.15, -0.1) is 0 Å². The number of methoxy groups -OCH3 is 1. The van der Waals surface area contributed by atoms with Gasteiger partial charge in [-0.1, -0.05) is 5.57 Å². The van der Waals surface area contributed by atoms with E-state index in [9.17, 15) is 4.79 Å². The van der Waals surface area contributed by atoms with Crippen LogP contribution in [0.2, 0.25) is 0 Å². The minimum atomic E-state index is -0.175. The first-order valence-electron chi connectivity index (χ1n) is 6.58. The standard InChI is InChI=1S/C14H20N4O2/c1-9(10-5-6-10)7-11(19)17-12-13(18(2)3)15-8-16-14(12)20-4/h7-8,10H,5-6H2,1-4H3,(H,17,19)/b9-7+. The lowest BCUT2D eigenvalue weighted by molar-refractivity contribution is -0.112. The molecule has 6 heteroatoms. The van der Waals surface area contributed by atoms with Crippen LogP contribution in [-0.4, -0.2) is 37.1 Å². The highest BCUT2D eigenvalue weighted by atomic mass is 16.5. The van der Waals surface area contributed by atoms with Crippen molar-refractivity contribution in [2.24, 2.45) is 5.92 Å². The fourth-order valence-corrected chi connectivity index (χ4v) is 1.99. The quantitative estimate of drug-likeness (QED) is 0.831. The number of carbonyl (C=O) groups is 1. The summed E-state index contributed by atoms with van der Waals surface area (Å²) in [5, 5.41) is 2.82. The Morgan fingerprint density at radius 3 is 2.70 bits per heavy atom. The van der Waals surface area contributed by atoms with E-state index >= 15 is 0 Å². The van der Waals surface area contributed by atoms with Crippen LogP contribution in [0.15, 0.2) is 18.0 Å². The Morgan fingerprint density at radius 1 is 1.45 bits per heavy atom. The van der Waals surface area contributed by atoms with Crippen molar-refractivity contribution in [2.75, 3.05) is 31.4 Å². The summed E-state index contributed by atoms with van der Waals surface area (Å²) in [5.41, 5.74) is 1.61. The molecule has 1 amide bonds. The van der Waals surface area contributed by atoms with E-state index in [0.29, 0.717) is 23.3 Å². The maximum Gasteiger partial charge on any atom is 0.248 e. The average Bonchev–Trinajstić information content (AvgIpc) is 3.22. The van der Waals surface area contributed by atoms with Crippen LogP contribution < -0.4 is 15.0 Å². The minimum Gasteiger partial charge on any atom is -0.479 e. The summed E-state index contributed by atoms with van der Waals surface area (Å²) in [5.74, 6) is 1.37. The van der Waals surface area contributed by atoms with Gasteiger partial charge in [0.15, 0.2) is 5.82 Å². The van der Waals surface area contributed by atoms with Crippen LogP contribution in [0.5, 0.6) is 5.88 Å². The number of ether oxygens (including phenoxy) is 1. The van der Waals surface area contributed by atoms with Crippen molar-refractivity contribution in [3.05, 3.63) is 18.0 Å². The third-order valence-corrected chi connectivity index (χ3v) is 3.24. The summed E-state index contributed by atoms with van der Waals surface area (Å²) in [6, 6.07) is 0. The van der Waals surface area contributed by atoms with Crippen LogP contribution in [0.1, 0.15) is 19.8 Å². The van der Waals surface area contributed by atoms with Crippen molar-refractivity contribution in [3.8, 4) is 5.88 Å². The van der Waals surface area contributed by atoms with Crippen molar-refractivity contribution in [1.82, 2.24) is 9.97 Å². The molecular formula is C14H20N4O2. The molecule has 0 bridgehead atoms. The Morgan fingerprint density at radius 2 is 2.15 bits per heavy atom. The third-order valence-electron chi connectivity index (χ3n) is 3.24. The molecule has 1 aliphatic carbocycles. The molecule has 1 N–H and O–H groups in total. The molecular weight excluding hydrogens is 256 g/mol. The van der Waals surface area contributed by atoms with Gasteiger partial charge in [-0.3, -0.25) is 4.79 Å². The van der Waals surface area contributed by atoms with Crippen LogP contribution in [0.4, 0.5) is 11.5 Å². The van der Waals surface area contributed by atoms with Crippen LogP contribution in [-0.2, 0) is 4.79 Å². The van der Waals surface area contributed by atoms with Gasteiger partial charge in [0.05, 0.1) is 7.11 Å². The molecule has 0 aliphatic heterocycles. The fourth-order valence-electron chi connectivity index (χ4n) is 1.99. The molecule has 0 unspecified atom stereocenters. The zero-order valence-corrected chi connectivity index (χ0v) is 12.3. The van der Waals surface area contributed by atoms with E-state index in [2.05, 4.69) is 15.3 Å². The predicted molar refractivity (Wildman–Crippen MR) is 78.0 cm³/mol. The Hall–Kier alpha value is -2.11. The zero-order valence-electron chi connectivity index (χ0n) is 12.3. The van der Waals surface area contributed by atoms with Crippen molar-refractivity contribution < 1.29 is 9.53 Å². The summed E-state index contributed by atoms with van der Waals surface area (Å²) < 4.78 is 5.19. The van der Waals surface area contributed by atoms with Crippen LogP contribution in [0.3, 0.4) is 0 Å². The van der Waals surface area contributed by atoms with E-state index in [0.717, 1.165) is 5.57 Å². The Labute approximate surface area is 118 Å². The number of amides is 1. The van der Waals surface area contributed by atoms with Gasteiger partial charge >= 0.3 is 0 Å². The molecule has 0 aromatic carbocycles. The largest absolute Gasteiger partial charge is 0.479 e. The topological polar surface area (TPSA) is 67.4 Å². The number of anilines is 2. The summed E-state index contributed by atoms with van der Waals surface area (Å²) in [6.07, 6.45) is 5.41. The molecule has 1 heterocycles. The normalized spacial score (nSPS) is 14.9. The molecule has 2 rings (SSSR count). The van der Waals surface area contributed by atoms with Crippen molar-refractivity contribution in [3.63, 3.8) is 0 Å². The van der Waals surface area contributed by atoms with E-state index < -0.39 is 0 Å². The molecule has 1 aromatic heterocycles. The SMILES string of the molecule is COc1ncnc(N(C)C)c1NC(=O)/C=C(\C)C1CC1. The molecule has 20 heavy (non-hydrogen) atoms. The van der Waals surface area contributed by atoms with Gasteiger partial charge in [0, 0.05) is 20.2 Å². The lowest BCUT2D eigenvalue weighted by Gasteiger charge is -2.17. The molecule has 1 aromatic rings. The second kappa shape index (κ2) is 5.90. The number of nitrogens with one attached hydrogen (secondary N) is 1. The van der Waals surface area contributed by atoms with Gasteiger partial charge in [0.2, 0.25) is 11.8 Å². The Balaban J connectivity index is 2.22. The molecule has 1 fully saturated rings. The summed E-state index contributed by atoms with van der Waals surface area (Å²) in [6.45, 7) is 1.99. The highest BCUT2D eigenvalue weighted by molar-refractivity contribution is 6.02. The second-order valence-electron chi connectivity index (χ2n) is 5.13. The second-order valence-corrected chi connectivity index (χ2v) is 5.13. The number of hydrogen-bond donors (Lipinski definition) is 1. The van der Waals surface area contributed by atoms with Crippen molar-refractivity contribution in [2.45, 2.75) is 19.8 Å². The number of nitrogens with zero attached hydrogens (tertiary/aromatic N) is 3. The molecule has 1 saturated carbocycles. The maximum absolute atomic E-state index is 12.1. The van der Waals surface area contributed by atoms with Gasteiger partial charge in [-0.25, -0.2) is 4.98 Å². The van der Waals surface area contributed by atoms with E-state index in [4.69, 9.17) is 4.74 Å². The average molecular weight is 276 g/mol.